The van der Waals surface area contributed by atoms with E-state index in [0.29, 0.717) is 24.5 Å². The lowest BCUT2D eigenvalue weighted by molar-refractivity contribution is 0.0929. The molecule has 7 heteroatoms. The number of ether oxygens (including phenoxy) is 2. The van der Waals surface area contributed by atoms with E-state index in [4.69, 9.17) is 9.47 Å². The van der Waals surface area contributed by atoms with E-state index in [2.05, 4.69) is 6.92 Å². The van der Waals surface area contributed by atoms with Crippen molar-refractivity contribution >= 4 is 5.78 Å². The molecule has 1 atom stereocenters. The Kier molecular flexibility index (Phi) is 8.67. The number of rotatable bonds is 11. The summed E-state index contributed by atoms with van der Waals surface area (Å²) in [5.74, 6) is -0.206. The molecule has 0 amide bonds. The van der Waals surface area contributed by atoms with Crippen LogP contribution in [-0.2, 0) is 11.3 Å². The molecule has 1 aromatic carbocycles. The number of pyridine rings is 1. The maximum absolute atomic E-state index is 13.3. The van der Waals surface area contributed by atoms with Gasteiger partial charge in [-0.15, -0.1) is 0 Å². The smallest absolute Gasteiger partial charge is 0.271 e. The predicted octanol–water partition coefficient (Wildman–Crippen LogP) is 4.49. The summed E-state index contributed by atoms with van der Waals surface area (Å²) < 4.78 is 12.4. The van der Waals surface area contributed by atoms with Gasteiger partial charge in [-0.25, -0.2) is 0 Å². The van der Waals surface area contributed by atoms with Crippen molar-refractivity contribution in [2.45, 2.75) is 71.4 Å². The minimum absolute atomic E-state index is 0.0336. The first kappa shape index (κ1) is 24.5. The SMILES string of the molecule is CCCCCCCOc1ccc(C(=O)c2c(C)c(C#N)c(=O)n(CC3CCCO3)c2O)cc1. The molecule has 0 bridgehead atoms. The second kappa shape index (κ2) is 11.7. The molecule has 1 unspecified atom stereocenters. The molecule has 1 aliphatic rings. The van der Waals surface area contributed by atoms with E-state index in [1.807, 2.05) is 6.07 Å². The van der Waals surface area contributed by atoms with Crippen molar-refractivity contribution in [2.75, 3.05) is 13.2 Å². The van der Waals surface area contributed by atoms with Crippen molar-refractivity contribution in [3.05, 3.63) is 56.9 Å². The molecule has 0 saturated carbocycles. The highest BCUT2D eigenvalue weighted by molar-refractivity contribution is 6.11. The van der Waals surface area contributed by atoms with Crippen molar-refractivity contribution in [3.8, 4) is 17.7 Å². The summed E-state index contributed by atoms with van der Waals surface area (Å²) in [7, 11) is 0. The molecule has 0 spiro atoms. The summed E-state index contributed by atoms with van der Waals surface area (Å²) in [5.41, 5.74) is -0.260. The second-order valence-corrected chi connectivity index (χ2v) is 8.48. The molecule has 33 heavy (non-hydrogen) atoms. The number of nitrogens with zero attached hydrogens (tertiary/aromatic N) is 2. The van der Waals surface area contributed by atoms with Gasteiger partial charge >= 0.3 is 0 Å². The zero-order valence-corrected chi connectivity index (χ0v) is 19.4. The molecule has 1 aromatic heterocycles. The molecule has 3 rings (SSSR count). The summed E-state index contributed by atoms with van der Waals surface area (Å²) in [6.45, 7) is 5.01. The second-order valence-electron chi connectivity index (χ2n) is 8.48. The normalized spacial score (nSPS) is 15.4. The van der Waals surface area contributed by atoms with Gasteiger partial charge in [0.15, 0.2) is 5.78 Å². The highest BCUT2D eigenvalue weighted by Crippen LogP contribution is 2.27. The van der Waals surface area contributed by atoms with Gasteiger partial charge in [-0.05, 0) is 56.0 Å². The highest BCUT2D eigenvalue weighted by atomic mass is 16.5. The van der Waals surface area contributed by atoms with E-state index in [1.54, 1.807) is 24.3 Å². The molecule has 0 aliphatic carbocycles. The Hall–Kier alpha value is -3.11. The van der Waals surface area contributed by atoms with E-state index in [1.165, 1.54) is 26.2 Å². The van der Waals surface area contributed by atoms with Gasteiger partial charge in [-0.3, -0.25) is 14.2 Å². The average Bonchev–Trinajstić information content (AvgIpc) is 3.33. The van der Waals surface area contributed by atoms with Gasteiger partial charge in [0.25, 0.3) is 5.56 Å². The fraction of sp³-hybridized carbons (Fsp3) is 0.500. The van der Waals surface area contributed by atoms with Gasteiger partial charge in [-0.1, -0.05) is 32.6 Å². The van der Waals surface area contributed by atoms with Crippen molar-refractivity contribution in [3.63, 3.8) is 0 Å². The average molecular weight is 453 g/mol. The van der Waals surface area contributed by atoms with Crippen molar-refractivity contribution in [1.82, 2.24) is 4.57 Å². The maximum atomic E-state index is 13.3. The Labute approximate surface area is 194 Å². The molecule has 7 nitrogen and oxygen atoms in total. The maximum Gasteiger partial charge on any atom is 0.271 e. The number of nitriles is 1. The van der Waals surface area contributed by atoms with E-state index in [9.17, 15) is 20.0 Å². The summed E-state index contributed by atoms with van der Waals surface area (Å²) in [6, 6.07) is 8.61. The Morgan fingerprint density at radius 2 is 1.97 bits per heavy atom. The van der Waals surface area contributed by atoms with Crippen LogP contribution in [0.1, 0.15) is 78.9 Å². The molecular formula is C26H32N2O5. The van der Waals surface area contributed by atoms with Gasteiger partial charge in [0.1, 0.15) is 17.4 Å². The Balaban J connectivity index is 1.80. The molecule has 1 N–H and O–H groups in total. The topological polar surface area (TPSA) is 102 Å². The monoisotopic (exact) mass is 452 g/mol. The summed E-state index contributed by atoms with van der Waals surface area (Å²) in [4.78, 5) is 26.0. The molecule has 0 radical (unpaired) electrons. The van der Waals surface area contributed by atoms with Crippen LogP contribution < -0.4 is 10.3 Å². The Morgan fingerprint density at radius 1 is 1.24 bits per heavy atom. The molecule has 1 aliphatic heterocycles. The minimum atomic E-state index is -0.609. The van der Waals surface area contributed by atoms with Crippen LogP contribution in [0.4, 0.5) is 0 Å². The number of hydrogen-bond donors (Lipinski definition) is 1. The van der Waals surface area contributed by atoms with Crippen LogP contribution in [0, 0.1) is 18.3 Å². The molecule has 2 aromatic rings. The Morgan fingerprint density at radius 3 is 2.61 bits per heavy atom. The van der Waals surface area contributed by atoms with Crippen molar-refractivity contribution < 1.29 is 19.4 Å². The molecule has 176 valence electrons. The third-order valence-corrected chi connectivity index (χ3v) is 6.07. The van der Waals surface area contributed by atoms with Crippen LogP contribution in [-0.4, -0.2) is 34.8 Å². The van der Waals surface area contributed by atoms with Gasteiger partial charge in [0, 0.05) is 12.2 Å². The quantitative estimate of drug-likeness (QED) is 0.398. The Bertz CT molecular complexity index is 1060. The number of aromatic nitrogens is 1. The predicted molar refractivity (Wildman–Crippen MR) is 125 cm³/mol. The lowest BCUT2D eigenvalue weighted by atomic mass is 9.97. The summed E-state index contributed by atoms with van der Waals surface area (Å²) >= 11 is 0. The zero-order chi connectivity index (χ0) is 23.8. The fourth-order valence-electron chi connectivity index (χ4n) is 4.13. The molecule has 2 heterocycles. The first-order valence-electron chi connectivity index (χ1n) is 11.7. The summed E-state index contributed by atoms with van der Waals surface area (Å²) in [6.07, 6.45) is 7.15. The lowest BCUT2D eigenvalue weighted by Gasteiger charge is -2.18. The molecule has 1 saturated heterocycles. The largest absolute Gasteiger partial charge is 0.494 e. The van der Waals surface area contributed by atoms with E-state index in [-0.39, 0.29) is 29.3 Å². The van der Waals surface area contributed by atoms with Crippen LogP contribution in [0.15, 0.2) is 29.1 Å². The van der Waals surface area contributed by atoms with Gasteiger partial charge in [0.2, 0.25) is 5.88 Å². The first-order chi connectivity index (χ1) is 16.0. The number of carbonyl (C=O) groups is 1. The van der Waals surface area contributed by atoms with Gasteiger partial charge in [-0.2, -0.15) is 5.26 Å². The number of carbonyl (C=O) groups excluding carboxylic acids is 1. The zero-order valence-electron chi connectivity index (χ0n) is 19.4. The number of ketones is 1. The number of benzene rings is 1. The van der Waals surface area contributed by atoms with Crippen molar-refractivity contribution in [2.24, 2.45) is 0 Å². The summed E-state index contributed by atoms with van der Waals surface area (Å²) in [5, 5.41) is 20.4. The van der Waals surface area contributed by atoms with Crippen molar-refractivity contribution in [1.29, 1.82) is 5.26 Å². The first-order valence-corrected chi connectivity index (χ1v) is 11.7. The highest BCUT2D eigenvalue weighted by Gasteiger charge is 2.27. The van der Waals surface area contributed by atoms with Gasteiger partial charge in [0.05, 0.1) is 24.8 Å². The third-order valence-electron chi connectivity index (χ3n) is 6.07. The van der Waals surface area contributed by atoms with E-state index >= 15 is 0 Å². The number of unbranched alkanes of at least 4 members (excludes halogenated alkanes) is 4. The van der Waals surface area contributed by atoms with E-state index < -0.39 is 17.2 Å². The van der Waals surface area contributed by atoms with Crippen LogP contribution in [0.2, 0.25) is 0 Å². The van der Waals surface area contributed by atoms with Crippen LogP contribution in [0.25, 0.3) is 0 Å². The third kappa shape index (κ3) is 5.82. The van der Waals surface area contributed by atoms with Crippen LogP contribution >= 0.6 is 0 Å². The molecule has 1 fully saturated rings. The number of aromatic hydroxyl groups is 1. The number of hydrogen-bond acceptors (Lipinski definition) is 6. The minimum Gasteiger partial charge on any atom is -0.494 e. The molecular weight excluding hydrogens is 420 g/mol. The fourth-order valence-corrected chi connectivity index (χ4v) is 4.13. The standard InChI is InChI=1S/C26H32N2O5/c1-3-4-5-6-7-14-32-20-12-10-19(11-13-20)24(29)23-18(2)22(16-27)25(30)28(26(23)31)17-21-9-8-15-33-21/h10-13,21,31H,3-9,14-15,17H2,1-2H3. The van der Waals surface area contributed by atoms with Crippen LogP contribution in [0.5, 0.6) is 11.6 Å². The lowest BCUT2D eigenvalue weighted by Crippen LogP contribution is -2.30. The van der Waals surface area contributed by atoms with Crippen LogP contribution in [0.3, 0.4) is 0 Å². The van der Waals surface area contributed by atoms with E-state index in [0.717, 1.165) is 30.3 Å². The van der Waals surface area contributed by atoms with Gasteiger partial charge < -0.3 is 14.6 Å².